The van der Waals surface area contributed by atoms with Crippen molar-refractivity contribution in [3.8, 4) is 5.69 Å². The molecular weight excluding hydrogens is 280 g/mol. The summed E-state index contributed by atoms with van der Waals surface area (Å²) < 4.78 is 28.3. The second-order valence-electron chi connectivity index (χ2n) is 3.90. The number of rotatable bonds is 4. The number of para-hydroxylation sites is 2. The fourth-order valence-electron chi connectivity index (χ4n) is 1.69. The van der Waals surface area contributed by atoms with Crippen LogP contribution >= 0.6 is 0 Å². The first-order chi connectivity index (χ1) is 9.67. The predicted molar refractivity (Wildman–Crippen MR) is 70.8 cm³/mol. The average molecular weight is 290 g/mol. The minimum atomic E-state index is -3.69. The molecular formula is C11H10N6O2S. The lowest BCUT2D eigenvalue weighted by atomic mass is 10.3. The lowest BCUT2D eigenvalue weighted by molar-refractivity contribution is 0.601. The van der Waals surface area contributed by atoms with E-state index in [1.54, 1.807) is 30.5 Å². The molecule has 0 atom stereocenters. The van der Waals surface area contributed by atoms with E-state index in [2.05, 4.69) is 25.2 Å². The van der Waals surface area contributed by atoms with E-state index in [1.165, 1.54) is 23.3 Å². The second-order valence-corrected chi connectivity index (χ2v) is 5.59. The zero-order valence-electron chi connectivity index (χ0n) is 10.1. The van der Waals surface area contributed by atoms with Crippen LogP contribution in [0.25, 0.3) is 5.69 Å². The van der Waals surface area contributed by atoms with Crippen molar-refractivity contribution in [2.24, 2.45) is 0 Å². The molecule has 0 radical (unpaired) electrons. The summed E-state index contributed by atoms with van der Waals surface area (Å²) in [6.45, 7) is 0. The smallest absolute Gasteiger partial charge is 0.265 e. The molecule has 2 aromatic heterocycles. The van der Waals surface area contributed by atoms with Crippen molar-refractivity contribution in [2.45, 2.75) is 4.90 Å². The van der Waals surface area contributed by atoms with Crippen LogP contribution in [-0.2, 0) is 10.0 Å². The van der Waals surface area contributed by atoms with Gasteiger partial charge in [-0.1, -0.05) is 17.3 Å². The maximum atomic E-state index is 12.2. The molecule has 3 aromatic rings. The largest absolute Gasteiger partial charge is 0.284 e. The third-order valence-corrected chi connectivity index (χ3v) is 3.93. The molecule has 0 saturated heterocycles. The first-order valence-electron chi connectivity index (χ1n) is 5.64. The molecule has 0 amide bonds. The number of aromatic amines is 1. The van der Waals surface area contributed by atoms with E-state index in [1.807, 2.05) is 0 Å². The van der Waals surface area contributed by atoms with Gasteiger partial charge in [0.05, 0.1) is 30.0 Å². The molecule has 0 spiro atoms. The standard InChI is InChI=1S/C11H10N6O2S/c18-20(19,9-7-13-14-8-9)15-10-3-1-2-4-11(10)17-6-5-12-16-17/h1-8,15H,(H,13,14). The molecule has 0 aliphatic carbocycles. The Hall–Kier alpha value is -2.68. The van der Waals surface area contributed by atoms with E-state index in [0.717, 1.165) is 0 Å². The summed E-state index contributed by atoms with van der Waals surface area (Å²) in [6.07, 6.45) is 5.69. The fourth-order valence-corrected chi connectivity index (χ4v) is 2.67. The van der Waals surface area contributed by atoms with E-state index in [9.17, 15) is 8.42 Å². The van der Waals surface area contributed by atoms with Crippen molar-refractivity contribution in [2.75, 3.05) is 4.72 Å². The molecule has 0 unspecified atom stereocenters. The van der Waals surface area contributed by atoms with Gasteiger partial charge in [0.15, 0.2) is 0 Å². The number of H-pyrrole nitrogens is 1. The van der Waals surface area contributed by atoms with Crippen LogP contribution in [0.15, 0.2) is 53.9 Å². The van der Waals surface area contributed by atoms with Gasteiger partial charge in [-0.15, -0.1) is 5.10 Å². The number of hydrogen-bond donors (Lipinski definition) is 2. The highest BCUT2D eigenvalue weighted by Crippen LogP contribution is 2.22. The van der Waals surface area contributed by atoms with Gasteiger partial charge in [-0.3, -0.25) is 9.82 Å². The molecule has 0 bridgehead atoms. The number of aromatic nitrogens is 5. The van der Waals surface area contributed by atoms with Gasteiger partial charge in [0.1, 0.15) is 4.90 Å². The minimum Gasteiger partial charge on any atom is -0.284 e. The molecule has 9 heteroatoms. The van der Waals surface area contributed by atoms with Gasteiger partial charge in [-0.05, 0) is 12.1 Å². The van der Waals surface area contributed by atoms with E-state index >= 15 is 0 Å². The summed E-state index contributed by atoms with van der Waals surface area (Å²) in [5.74, 6) is 0. The Morgan fingerprint density at radius 1 is 1.25 bits per heavy atom. The zero-order valence-corrected chi connectivity index (χ0v) is 10.9. The van der Waals surface area contributed by atoms with Crippen LogP contribution in [0.1, 0.15) is 0 Å². The van der Waals surface area contributed by atoms with Gasteiger partial charge in [0.25, 0.3) is 10.0 Å². The number of nitrogens with zero attached hydrogens (tertiary/aromatic N) is 4. The Balaban J connectivity index is 2.00. The zero-order chi connectivity index (χ0) is 14.0. The first-order valence-corrected chi connectivity index (χ1v) is 7.12. The molecule has 0 aliphatic rings. The van der Waals surface area contributed by atoms with Crippen LogP contribution in [0.5, 0.6) is 0 Å². The van der Waals surface area contributed by atoms with Crippen molar-refractivity contribution in [1.82, 2.24) is 25.2 Å². The van der Waals surface area contributed by atoms with Crippen LogP contribution in [0.3, 0.4) is 0 Å². The number of anilines is 1. The number of hydrogen-bond acceptors (Lipinski definition) is 5. The second kappa shape index (κ2) is 4.78. The molecule has 2 N–H and O–H groups in total. The van der Waals surface area contributed by atoms with Gasteiger partial charge in [0, 0.05) is 6.20 Å². The predicted octanol–water partition coefficient (Wildman–Crippen LogP) is 0.791. The summed E-state index contributed by atoms with van der Waals surface area (Å²) in [6, 6.07) is 6.90. The summed E-state index contributed by atoms with van der Waals surface area (Å²) in [4.78, 5) is 0.0610. The third-order valence-electron chi connectivity index (χ3n) is 2.60. The Morgan fingerprint density at radius 3 is 2.80 bits per heavy atom. The maximum Gasteiger partial charge on any atom is 0.265 e. The molecule has 0 saturated carbocycles. The van der Waals surface area contributed by atoms with Crippen LogP contribution in [0.2, 0.25) is 0 Å². The van der Waals surface area contributed by atoms with Gasteiger partial charge < -0.3 is 0 Å². The molecule has 1 aromatic carbocycles. The van der Waals surface area contributed by atoms with Gasteiger partial charge in [-0.2, -0.15) is 5.10 Å². The lowest BCUT2D eigenvalue weighted by Gasteiger charge is -2.10. The summed E-state index contributed by atoms with van der Waals surface area (Å²) in [5.41, 5.74) is 0.983. The molecule has 3 rings (SSSR count). The average Bonchev–Trinajstić information content (AvgIpc) is 3.13. The molecule has 20 heavy (non-hydrogen) atoms. The lowest BCUT2D eigenvalue weighted by Crippen LogP contribution is -2.14. The minimum absolute atomic E-state index is 0.0610. The van der Waals surface area contributed by atoms with Gasteiger partial charge in [0.2, 0.25) is 0 Å². The normalized spacial score (nSPS) is 11.4. The molecule has 0 aliphatic heterocycles. The topological polar surface area (TPSA) is 106 Å². The molecule has 8 nitrogen and oxygen atoms in total. The molecule has 102 valence electrons. The van der Waals surface area contributed by atoms with Crippen molar-refractivity contribution < 1.29 is 8.42 Å². The van der Waals surface area contributed by atoms with E-state index in [-0.39, 0.29) is 4.90 Å². The highest BCUT2D eigenvalue weighted by Gasteiger charge is 2.17. The van der Waals surface area contributed by atoms with Crippen LogP contribution in [-0.4, -0.2) is 33.6 Å². The summed E-state index contributed by atoms with van der Waals surface area (Å²) in [7, 11) is -3.69. The van der Waals surface area contributed by atoms with Gasteiger partial charge in [-0.25, -0.2) is 13.1 Å². The van der Waals surface area contributed by atoms with Crippen molar-refractivity contribution in [3.63, 3.8) is 0 Å². The Morgan fingerprint density at radius 2 is 2.10 bits per heavy atom. The van der Waals surface area contributed by atoms with Gasteiger partial charge >= 0.3 is 0 Å². The summed E-state index contributed by atoms with van der Waals surface area (Å²) >= 11 is 0. The van der Waals surface area contributed by atoms with Crippen molar-refractivity contribution in [1.29, 1.82) is 0 Å². The quantitative estimate of drug-likeness (QED) is 0.739. The van der Waals surface area contributed by atoms with Crippen LogP contribution in [0, 0.1) is 0 Å². The van der Waals surface area contributed by atoms with Crippen molar-refractivity contribution in [3.05, 3.63) is 49.1 Å². The maximum absolute atomic E-state index is 12.2. The first kappa shape index (κ1) is 12.4. The van der Waals surface area contributed by atoms with E-state index < -0.39 is 10.0 Å². The molecule has 2 heterocycles. The van der Waals surface area contributed by atoms with Crippen LogP contribution in [0.4, 0.5) is 5.69 Å². The van der Waals surface area contributed by atoms with Crippen molar-refractivity contribution >= 4 is 15.7 Å². The number of nitrogens with one attached hydrogen (secondary N) is 2. The molecule has 0 fully saturated rings. The number of sulfonamides is 1. The highest BCUT2D eigenvalue weighted by molar-refractivity contribution is 7.92. The summed E-state index contributed by atoms with van der Waals surface area (Å²) in [5, 5.41) is 13.7. The SMILES string of the molecule is O=S(=O)(Nc1ccccc1-n1ccnn1)c1cn[nH]c1. The Labute approximate surface area is 114 Å². The van der Waals surface area contributed by atoms with E-state index in [0.29, 0.717) is 11.4 Å². The Bertz CT molecular complexity index is 795. The Kier molecular flexibility index (Phi) is 2.95. The highest BCUT2D eigenvalue weighted by atomic mass is 32.2. The van der Waals surface area contributed by atoms with Crippen LogP contribution < -0.4 is 4.72 Å². The third kappa shape index (κ3) is 2.26. The van der Waals surface area contributed by atoms with E-state index in [4.69, 9.17) is 0 Å². The monoisotopic (exact) mass is 290 g/mol. The number of benzene rings is 1. The fraction of sp³-hybridized carbons (Fsp3) is 0.